The van der Waals surface area contributed by atoms with Gasteiger partial charge in [0.25, 0.3) is 0 Å². The maximum absolute atomic E-state index is 12.6. The average Bonchev–Trinajstić information content (AvgIpc) is 3.18. The largest absolute Gasteiger partial charge is 0.497 e. The molecule has 6 heteroatoms. The molecule has 0 radical (unpaired) electrons. The second-order valence-electron chi connectivity index (χ2n) is 6.96. The van der Waals surface area contributed by atoms with Gasteiger partial charge >= 0.3 is 0 Å². The Balaban J connectivity index is 1.32. The Labute approximate surface area is 168 Å². The van der Waals surface area contributed by atoms with Gasteiger partial charge in [0.1, 0.15) is 10.8 Å². The number of rotatable bonds is 6. The summed E-state index contributed by atoms with van der Waals surface area (Å²) in [6, 6.07) is 11.9. The van der Waals surface area contributed by atoms with Crippen LogP contribution in [-0.2, 0) is 24.1 Å². The van der Waals surface area contributed by atoms with Gasteiger partial charge in [-0.1, -0.05) is 12.1 Å². The standard InChI is InChI=1S/C22H23N3O2S/c1-27-18-7-4-15(5-8-18)10-12-24-21(26)16-6-9-19-20(13-16)28-22(25-19)17-3-2-11-23-14-17/h2-5,7-8,11,14,16H,6,9-10,12-13H2,1H3,(H,24,26). The predicted octanol–water partition coefficient (Wildman–Crippen LogP) is 3.68. The second-order valence-corrected chi connectivity index (χ2v) is 8.04. The summed E-state index contributed by atoms with van der Waals surface area (Å²) in [5.74, 6) is 1.03. The van der Waals surface area contributed by atoms with E-state index in [-0.39, 0.29) is 11.8 Å². The molecule has 5 nitrogen and oxygen atoms in total. The van der Waals surface area contributed by atoms with Gasteiger partial charge in [-0.25, -0.2) is 4.98 Å². The van der Waals surface area contributed by atoms with Crippen LogP contribution in [0.15, 0.2) is 48.8 Å². The van der Waals surface area contributed by atoms with E-state index < -0.39 is 0 Å². The van der Waals surface area contributed by atoms with Crippen LogP contribution in [0.25, 0.3) is 10.6 Å². The van der Waals surface area contributed by atoms with Gasteiger partial charge in [0.15, 0.2) is 0 Å². The number of amides is 1. The highest BCUT2D eigenvalue weighted by atomic mass is 32.1. The number of ether oxygens (including phenoxy) is 1. The van der Waals surface area contributed by atoms with Crippen LogP contribution < -0.4 is 10.1 Å². The van der Waals surface area contributed by atoms with Crippen molar-refractivity contribution in [3.05, 3.63) is 64.9 Å². The van der Waals surface area contributed by atoms with Crippen LogP contribution in [0.3, 0.4) is 0 Å². The molecule has 0 fully saturated rings. The summed E-state index contributed by atoms with van der Waals surface area (Å²) in [6.45, 7) is 0.651. The van der Waals surface area contributed by atoms with E-state index in [2.05, 4.69) is 10.3 Å². The molecule has 2 heterocycles. The van der Waals surface area contributed by atoms with E-state index in [0.717, 1.165) is 47.7 Å². The van der Waals surface area contributed by atoms with Crippen molar-refractivity contribution in [1.82, 2.24) is 15.3 Å². The average molecular weight is 394 g/mol. The number of benzene rings is 1. The molecule has 1 aliphatic carbocycles. The molecule has 28 heavy (non-hydrogen) atoms. The number of nitrogens with one attached hydrogen (secondary N) is 1. The van der Waals surface area contributed by atoms with Crippen molar-refractivity contribution >= 4 is 17.2 Å². The van der Waals surface area contributed by atoms with E-state index in [9.17, 15) is 4.79 Å². The van der Waals surface area contributed by atoms with Gasteiger partial charge in [-0.15, -0.1) is 11.3 Å². The van der Waals surface area contributed by atoms with E-state index in [1.807, 2.05) is 42.6 Å². The smallest absolute Gasteiger partial charge is 0.223 e. The second kappa shape index (κ2) is 8.52. The highest BCUT2D eigenvalue weighted by Crippen LogP contribution is 2.34. The molecule has 0 aliphatic heterocycles. The fourth-order valence-corrected chi connectivity index (χ4v) is 4.66. The van der Waals surface area contributed by atoms with Crippen molar-refractivity contribution in [2.75, 3.05) is 13.7 Å². The number of hydrogen-bond donors (Lipinski definition) is 1. The molecular weight excluding hydrogens is 370 g/mol. The lowest BCUT2D eigenvalue weighted by molar-refractivity contribution is -0.125. The topological polar surface area (TPSA) is 64.1 Å². The number of fused-ring (bicyclic) bond motifs is 1. The van der Waals surface area contributed by atoms with Gasteiger partial charge in [-0.3, -0.25) is 9.78 Å². The quantitative estimate of drug-likeness (QED) is 0.694. The summed E-state index contributed by atoms with van der Waals surface area (Å²) in [5, 5.41) is 4.10. The molecule has 4 rings (SSSR count). The Morgan fingerprint density at radius 2 is 2.14 bits per heavy atom. The van der Waals surface area contributed by atoms with Crippen LogP contribution in [-0.4, -0.2) is 29.5 Å². The molecule has 0 bridgehead atoms. The normalized spacial score (nSPS) is 15.7. The monoisotopic (exact) mass is 393 g/mol. The van der Waals surface area contributed by atoms with E-state index in [1.165, 1.54) is 10.4 Å². The zero-order chi connectivity index (χ0) is 19.3. The first-order valence-corrected chi connectivity index (χ1v) is 10.3. The molecule has 1 aromatic carbocycles. The maximum atomic E-state index is 12.6. The zero-order valence-corrected chi connectivity index (χ0v) is 16.7. The molecule has 1 unspecified atom stereocenters. The van der Waals surface area contributed by atoms with E-state index in [1.54, 1.807) is 24.6 Å². The molecule has 1 atom stereocenters. The molecule has 144 valence electrons. The van der Waals surface area contributed by atoms with Gasteiger partial charge in [0, 0.05) is 35.3 Å². The van der Waals surface area contributed by atoms with Crippen molar-refractivity contribution in [2.45, 2.75) is 25.7 Å². The van der Waals surface area contributed by atoms with Crippen molar-refractivity contribution in [2.24, 2.45) is 5.92 Å². The number of aryl methyl sites for hydroxylation is 1. The number of hydrogen-bond acceptors (Lipinski definition) is 5. The Morgan fingerprint density at radius 3 is 2.89 bits per heavy atom. The van der Waals surface area contributed by atoms with Crippen LogP contribution in [0, 0.1) is 5.92 Å². The van der Waals surface area contributed by atoms with Crippen LogP contribution in [0.4, 0.5) is 0 Å². The summed E-state index contributed by atoms with van der Waals surface area (Å²) in [5.41, 5.74) is 3.38. The summed E-state index contributed by atoms with van der Waals surface area (Å²) in [4.78, 5) is 22.8. The molecule has 0 saturated carbocycles. The highest BCUT2D eigenvalue weighted by molar-refractivity contribution is 7.15. The third-order valence-corrected chi connectivity index (χ3v) is 6.26. The van der Waals surface area contributed by atoms with Gasteiger partial charge in [-0.05, 0) is 55.5 Å². The Hall–Kier alpha value is -2.73. The number of nitrogens with zero attached hydrogens (tertiary/aromatic N) is 2. The molecule has 2 aromatic heterocycles. The van der Waals surface area contributed by atoms with E-state index in [4.69, 9.17) is 9.72 Å². The number of aromatic nitrogens is 2. The van der Waals surface area contributed by atoms with Crippen molar-refractivity contribution in [3.8, 4) is 16.3 Å². The fraction of sp³-hybridized carbons (Fsp3) is 0.318. The van der Waals surface area contributed by atoms with Crippen molar-refractivity contribution in [1.29, 1.82) is 0 Å². The first kappa shape index (κ1) is 18.6. The van der Waals surface area contributed by atoms with Crippen LogP contribution in [0.5, 0.6) is 5.75 Å². The van der Waals surface area contributed by atoms with Crippen molar-refractivity contribution in [3.63, 3.8) is 0 Å². The SMILES string of the molecule is COc1ccc(CCNC(=O)C2CCc3nc(-c4cccnc4)sc3C2)cc1. The summed E-state index contributed by atoms with van der Waals surface area (Å²) < 4.78 is 5.17. The molecule has 0 spiro atoms. The minimum absolute atomic E-state index is 0.0329. The number of pyridine rings is 1. The van der Waals surface area contributed by atoms with Crippen molar-refractivity contribution < 1.29 is 9.53 Å². The minimum Gasteiger partial charge on any atom is -0.497 e. The lowest BCUT2D eigenvalue weighted by Crippen LogP contribution is -2.35. The molecule has 3 aromatic rings. The Bertz CT molecular complexity index is 938. The Kier molecular flexibility index (Phi) is 5.67. The van der Waals surface area contributed by atoms with Crippen LogP contribution in [0.1, 0.15) is 22.6 Å². The zero-order valence-electron chi connectivity index (χ0n) is 15.9. The van der Waals surface area contributed by atoms with Crippen LogP contribution in [0.2, 0.25) is 0 Å². The molecule has 1 amide bonds. The molecule has 1 aliphatic rings. The maximum Gasteiger partial charge on any atom is 0.223 e. The van der Waals surface area contributed by atoms with Gasteiger partial charge in [-0.2, -0.15) is 0 Å². The number of carbonyl (C=O) groups is 1. The van der Waals surface area contributed by atoms with Gasteiger partial charge in [0.05, 0.1) is 12.8 Å². The summed E-state index contributed by atoms with van der Waals surface area (Å²) in [7, 11) is 1.66. The third-order valence-electron chi connectivity index (χ3n) is 5.09. The molecular formula is C22H23N3O2S. The Morgan fingerprint density at radius 1 is 1.29 bits per heavy atom. The fourth-order valence-electron chi connectivity index (χ4n) is 3.48. The predicted molar refractivity (Wildman–Crippen MR) is 111 cm³/mol. The summed E-state index contributed by atoms with van der Waals surface area (Å²) >= 11 is 1.69. The van der Waals surface area contributed by atoms with Gasteiger partial charge in [0.2, 0.25) is 5.91 Å². The first-order chi connectivity index (χ1) is 13.7. The van der Waals surface area contributed by atoms with E-state index >= 15 is 0 Å². The lowest BCUT2D eigenvalue weighted by atomic mass is 9.90. The molecule has 0 saturated heterocycles. The number of thiazole rings is 1. The minimum atomic E-state index is 0.0329. The molecule has 1 N–H and O–H groups in total. The number of carbonyl (C=O) groups excluding carboxylic acids is 1. The van der Waals surface area contributed by atoms with Crippen LogP contribution >= 0.6 is 11.3 Å². The summed E-state index contributed by atoms with van der Waals surface area (Å²) in [6.07, 6.45) is 6.93. The highest BCUT2D eigenvalue weighted by Gasteiger charge is 2.27. The van der Waals surface area contributed by atoms with Gasteiger partial charge < -0.3 is 10.1 Å². The van der Waals surface area contributed by atoms with E-state index in [0.29, 0.717) is 6.54 Å². The first-order valence-electron chi connectivity index (χ1n) is 9.52. The lowest BCUT2D eigenvalue weighted by Gasteiger charge is -2.20. The number of methoxy groups -OCH3 is 1. The third kappa shape index (κ3) is 4.22.